The number of alkyl halides is 3. The average molecular weight is 549 g/mol. The number of likely N-dealkylation sites (tertiary alicyclic amines) is 1. The molecule has 1 saturated carbocycles. The Balaban J connectivity index is 1.31. The number of hydrogen-bond acceptors (Lipinski definition) is 4. The van der Waals surface area contributed by atoms with Crippen molar-refractivity contribution in [1.82, 2.24) is 20.4 Å². The number of amides is 2. The van der Waals surface area contributed by atoms with Crippen molar-refractivity contribution < 1.29 is 36.3 Å². The van der Waals surface area contributed by atoms with Gasteiger partial charge in [0.15, 0.2) is 0 Å². The number of carbonyl (C=O) groups is 2. The van der Waals surface area contributed by atoms with Gasteiger partial charge in [-0.05, 0) is 61.9 Å². The summed E-state index contributed by atoms with van der Waals surface area (Å²) in [7, 11) is 0. The molecule has 2 saturated heterocycles. The zero-order chi connectivity index (χ0) is 27.6. The van der Waals surface area contributed by atoms with E-state index in [1.807, 2.05) is 13.0 Å². The molecular weight excluding hydrogens is 523 g/mol. The van der Waals surface area contributed by atoms with E-state index >= 15 is 0 Å². The fraction of sp³-hybridized carbons (Fsp3) is 0.444. The standard InChI is InChI=1S/C27H25F5N4O3/c1-12-4-14-9-33-35-24(14)17(5-12)26(38)36-21-3-2-13(21)6-22(36)25(37)34-23(15-10-39-11-15)16-7-20(29)18(8-19(16)28)27(30,31)32/h4-5,7-9,13,15,21-23H,2-3,6,10-11H2,1H3,(H,33,35)(H,34,37)/t13-,21-,22-,23-/m1/s1. The highest BCUT2D eigenvalue weighted by atomic mass is 19.4. The lowest BCUT2D eigenvalue weighted by Crippen LogP contribution is -2.53. The van der Waals surface area contributed by atoms with Crippen molar-refractivity contribution in [1.29, 1.82) is 0 Å². The third-order valence-corrected chi connectivity index (χ3v) is 8.22. The van der Waals surface area contributed by atoms with Gasteiger partial charge in [-0.25, -0.2) is 8.78 Å². The third-order valence-electron chi connectivity index (χ3n) is 8.22. The van der Waals surface area contributed by atoms with Gasteiger partial charge >= 0.3 is 6.18 Å². The first kappa shape index (κ1) is 25.7. The maximum Gasteiger partial charge on any atom is 0.419 e. The molecule has 2 aliphatic heterocycles. The normalized spacial score (nSPS) is 23.7. The van der Waals surface area contributed by atoms with Gasteiger partial charge in [0.1, 0.15) is 17.7 Å². The molecule has 7 nitrogen and oxygen atoms in total. The van der Waals surface area contributed by atoms with Crippen molar-refractivity contribution in [3.05, 3.63) is 64.4 Å². The molecule has 206 valence electrons. The van der Waals surface area contributed by atoms with Gasteiger partial charge in [-0.1, -0.05) is 0 Å². The Morgan fingerprint density at radius 2 is 1.90 bits per heavy atom. The molecule has 3 heterocycles. The second-order valence-corrected chi connectivity index (χ2v) is 10.7. The van der Waals surface area contributed by atoms with Crippen LogP contribution >= 0.6 is 0 Å². The van der Waals surface area contributed by atoms with E-state index in [1.54, 1.807) is 17.2 Å². The summed E-state index contributed by atoms with van der Waals surface area (Å²) in [6.45, 7) is 2.09. The summed E-state index contributed by atoms with van der Waals surface area (Å²) >= 11 is 0. The molecule has 0 radical (unpaired) electrons. The zero-order valence-corrected chi connectivity index (χ0v) is 20.8. The van der Waals surface area contributed by atoms with Crippen LogP contribution in [0, 0.1) is 30.4 Å². The van der Waals surface area contributed by atoms with Crippen molar-refractivity contribution in [2.75, 3.05) is 13.2 Å². The minimum atomic E-state index is -5.07. The summed E-state index contributed by atoms with van der Waals surface area (Å²) < 4.78 is 73.9. The first-order valence-electron chi connectivity index (χ1n) is 12.7. The van der Waals surface area contributed by atoms with Gasteiger partial charge in [0, 0.05) is 22.9 Å². The summed E-state index contributed by atoms with van der Waals surface area (Å²) in [5, 5.41) is 10.4. The number of aromatic amines is 1. The van der Waals surface area contributed by atoms with Gasteiger partial charge in [-0.3, -0.25) is 14.7 Å². The Hall–Kier alpha value is -3.54. The molecule has 3 aromatic rings. The number of fused-ring (bicyclic) bond motifs is 2. The molecule has 4 atom stereocenters. The maximum absolute atomic E-state index is 14.9. The average Bonchev–Trinajstić information content (AvgIpc) is 3.38. The molecule has 1 aliphatic carbocycles. The highest BCUT2D eigenvalue weighted by Crippen LogP contribution is 2.45. The van der Waals surface area contributed by atoms with Crippen molar-refractivity contribution >= 4 is 22.7 Å². The minimum Gasteiger partial charge on any atom is -0.381 e. The molecular formula is C27H25F5N4O3. The first-order chi connectivity index (χ1) is 18.5. The van der Waals surface area contributed by atoms with Crippen LogP contribution in [0.2, 0.25) is 0 Å². The number of aromatic nitrogens is 2. The fourth-order valence-electron chi connectivity index (χ4n) is 6.03. The van der Waals surface area contributed by atoms with Crippen molar-refractivity contribution in [2.24, 2.45) is 11.8 Å². The Bertz CT molecular complexity index is 1470. The van der Waals surface area contributed by atoms with Crippen LogP contribution in [0.1, 0.15) is 52.4 Å². The number of aryl methyl sites for hydroxylation is 1. The highest BCUT2D eigenvalue weighted by molar-refractivity contribution is 6.07. The SMILES string of the molecule is Cc1cc(C(=O)N2[C@@H](C(=O)N[C@@H](c3cc(F)c(C(F)(F)F)cc3F)C3COC3)C[C@H]3CC[C@H]32)c2[nH]ncc2c1. The molecule has 2 aromatic carbocycles. The number of H-pyrrole nitrogens is 1. The minimum absolute atomic E-state index is 0.113. The molecule has 0 bridgehead atoms. The maximum atomic E-state index is 14.9. The van der Waals surface area contributed by atoms with Gasteiger partial charge in [0.2, 0.25) is 5.91 Å². The summed E-state index contributed by atoms with van der Waals surface area (Å²) in [5.74, 6) is -4.15. The molecule has 1 aromatic heterocycles. The number of carbonyl (C=O) groups excluding carboxylic acids is 2. The lowest BCUT2D eigenvalue weighted by molar-refractivity contribution is -0.140. The number of halogens is 5. The lowest BCUT2D eigenvalue weighted by atomic mass is 9.80. The number of ether oxygens (including phenoxy) is 1. The lowest BCUT2D eigenvalue weighted by Gasteiger charge is -2.38. The summed E-state index contributed by atoms with van der Waals surface area (Å²) in [5.41, 5.74) is -0.320. The molecule has 0 unspecified atom stereocenters. The predicted octanol–water partition coefficient (Wildman–Crippen LogP) is 4.67. The van der Waals surface area contributed by atoms with Crippen LogP contribution in [-0.2, 0) is 15.7 Å². The van der Waals surface area contributed by atoms with Crippen LogP contribution in [-0.4, -0.2) is 52.2 Å². The largest absolute Gasteiger partial charge is 0.419 e. The summed E-state index contributed by atoms with van der Waals surface area (Å²) in [6.07, 6.45) is -1.47. The number of hydrogen-bond donors (Lipinski definition) is 2. The van der Waals surface area contributed by atoms with Crippen LogP contribution in [0.25, 0.3) is 10.9 Å². The van der Waals surface area contributed by atoms with Crippen molar-refractivity contribution in [2.45, 2.75) is 50.5 Å². The van der Waals surface area contributed by atoms with Crippen LogP contribution in [0.3, 0.4) is 0 Å². The highest BCUT2D eigenvalue weighted by Gasteiger charge is 2.52. The Morgan fingerprint density at radius 1 is 1.13 bits per heavy atom. The topological polar surface area (TPSA) is 87.3 Å². The van der Waals surface area contributed by atoms with E-state index in [1.165, 1.54) is 0 Å². The molecule has 12 heteroatoms. The van der Waals surface area contributed by atoms with Crippen LogP contribution < -0.4 is 5.32 Å². The molecule has 6 rings (SSSR count). The van der Waals surface area contributed by atoms with E-state index in [-0.39, 0.29) is 42.7 Å². The van der Waals surface area contributed by atoms with Gasteiger partial charge in [-0.15, -0.1) is 0 Å². The van der Waals surface area contributed by atoms with Gasteiger partial charge < -0.3 is 15.0 Å². The van der Waals surface area contributed by atoms with E-state index in [9.17, 15) is 31.5 Å². The molecule has 3 aliphatic rings. The van der Waals surface area contributed by atoms with Gasteiger partial charge in [0.25, 0.3) is 5.91 Å². The Labute approximate surface area is 219 Å². The Kier molecular flexibility index (Phi) is 6.12. The Morgan fingerprint density at radius 3 is 2.54 bits per heavy atom. The van der Waals surface area contributed by atoms with E-state index in [2.05, 4.69) is 15.5 Å². The van der Waals surface area contributed by atoms with Gasteiger partial charge in [0.05, 0.1) is 42.1 Å². The zero-order valence-electron chi connectivity index (χ0n) is 20.8. The van der Waals surface area contributed by atoms with Gasteiger partial charge in [-0.2, -0.15) is 18.3 Å². The van der Waals surface area contributed by atoms with Crippen LogP contribution in [0.15, 0.2) is 30.5 Å². The molecule has 0 spiro atoms. The quantitative estimate of drug-likeness (QED) is 0.454. The summed E-state index contributed by atoms with van der Waals surface area (Å²) in [4.78, 5) is 29.1. The van der Waals surface area contributed by atoms with Crippen molar-refractivity contribution in [3.8, 4) is 0 Å². The molecule has 2 N–H and O–H groups in total. The first-order valence-corrected chi connectivity index (χ1v) is 12.7. The predicted molar refractivity (Wildman–Crippen MR) is 128 cm³/mol. The second kappa shape index (κ2) is 9.29. The van der Waals surface area contributed by atoms with E-state index in [0.29, 0.717) is 23.6 Å². The number of nitrogens with zero attached hydrogens (tertiary/aromatic N) is 2. The molecule has 3 fully saturated rings. The van der Waals surface area contributed by atoms with Crippen molar-refractivity contribution in [3.63, 3.8) is 0 Å². The number of benzene rings is 2. The monoisotopic (exact) mass is 548 g/mol. The smallest absolute Gasteiger partial charge is 0.381 e. The summed E-state index contributed by atoms with van der Waals surface area (Å²) in [6, 6.07) is 2.08. The fourth-order valence-corrected chi connectivity index (χ4v) is 6.03. The molecule has 39 heavy (non-hydrogen) atoms. The van der Waals surface area contributed by atoms with E-state index in [0.717, 1.165) is 23.8 Å². The number of nitrogens with one attached hydrogen (secondary N) is 2. The second-order valence-electron chi connectivity index (χ2n) is 10.7. The molecule has 2 amide bonds. The number of rotatable bonds is 5. The van der Waals surface area contributed by atoms with Crippen LogP contribution in [0.4, 0.5) is 22.0 Å². The van der Waals surface area contributed by atoms with E-state index in [4.69, 9.17) is 4.74 Å². The van der Waals surface area contributed by atoms with Crippen LogP contribution in [0.5, 0.6) is 0 Å². The van der Waals surface area contributed by atoms with E-state index < -0.39 is 47.3 Å². The third kappa shape index (κ3) is 4.34.